The van der Waals surface area contributed by atoms with Crippen molar-refractivity contribution in [1.29, 1.82) is 0 Å². The lowest BCUT2D eigenvalue weighted by Crippen LogP contribution is -2.51. The molecule has 2 aromatic rings. The topological polar surface area (TPSA) is 40.6 Å². The molecule has 3 amide bonds. The van der Waals surface area contributed by atoms with E-state index in [1.54, 1.807) is 4.90 Å². The van der Waals surface area contributed by atoms with Gasteiger partial charge in [-0.3, -0.25) is 9.36 Å². The number of nitrogens with zero attached hydrogens (tertiary/aromatic N) is 2. The molecule has 0 bridgehead atoms. The Kier molecular flexibility index (Phi) is 4.29. The van der Waals surface area contributed by atoms with Crippen LogP contribution in [-0.2, 0) is 16.9 Å². The third-order valence-corrected chi connectivity index (χ3v) is 6.51. The Morgan fingerprint density at radius 3 is 1.92 bits per heavy atom. The van der Waals surface area contributed by atoms with Crippen LogP contribution in [0.4, 0.5) is 4.79 Å². The summed E-state index contributed by atoms with van der Waals surface area (Å²) in [4.78, 5) is 28.3. The standard InChI is InChI=1S/C20H24N2O2Si/c1-20(17-13-9-6-10-14-17)18(23)22(25(2,3)4)19(24)21(20)15-16-11-7-5-8-12-16/h5-14H,15H2,1-4H3. The molecule has 0 saturated carbocycles. The van der Waals surface area contributed by atoms with Crippen LogP contribution in [0.15, 0.2) is 60.7 Å². The molecule has 2 aromatic carbocycles. The molecule has 1 aliphatic heterocycles. The molecule has 0 N–H and O–H groups in total. The van der Waals surface area contributed by atoms with Gasteiger partial charge in [0.2, 0.25) is 0 Å². The third-order valence-electron chi connectivity index (χ3n) is 4.77. The minimum absolute atomic E-state index is 0.112. The van der Waals surface area contributed by atoms with Gasteiger partial charge in [-0.2, -0.15) is 0 Å². The molecule has 1 fully saturated rings. The van der Waals surface area contributed by atoms with Crippen molar-refractivity contribution >= 4 is 20.2 Å². The molecule has 0 radical (unpaired) electrons. The van der Waals surface area contributed by atoms with Crippen LogP contribution in [0.1, 0.15) is 18.1 Å². The van der Waals surface area contributed by atoms with E-state index in [-0.39, 0.29) is 11.9 Å². The number of hydrogen-bond acceptors (Lipinski definition) is 2. The van der Waals surface area contributed by atoms with Crippen LogP contribution in [0.2, 0.25) is 19.6 Å². The highest BCUT2D eigenvalue weighted by atomic mass is 28.3. The Morgan fingerprint density at radius 1 is 0.880 bits per heavy atom. The van der Waals surface area contributed by atoms with Crippen LogP contribution in [0.3, 0.4) is 0 Å². The molecule has 25 heavy (non-hydrogen) atoms. The van der Waals surface area contributed by atoms with Crippen molar-refractivity contribution in [2.45, 2.75) is 38.6 Å². The number of urea groups is 1. The van der Waals surface area contributed by atoms with Crippen molar-refractivity contribution in [3.8, 4) is 0 Å². The highest BCUT2D eigenvalue weighted by molar-refractivity contribution is 6.78. The lowest BCUT2D eigenvalue weighted by molar-refractivity contribution is -0.130. The van der Waals surface area contributed by atoms with Crippen molar-refractivity contribution in [2.75, 3.05) is 0 Å². The summed E-state index contributed by atoms with van der Waals surface area (Å²) in [6.07, 6.45) is 0. The predicted molar refractivity (Wildman–Crippen MR) is 101 cm³/mol. The summed E-state index contributed by atoms with van der Waals surface area (Å²) in [6, 6.07) is 19.2. The van der Waals surface area contributed by atoms with E-state index < -0.39 is 13.8 Å². The highest BCUT2D eigenvalue weighted by Gasteiger charge is 2.57. The van der Waals surface area contributed by atoms with Gasteiger partial charge in [-0.25, -0.2) is 4.79 Å². The van der Waals surface area contributed by atoms with Crippen LogP contribution >= 0.6 is 0 Å². The Balaban J connectivity index is 2.11. The number of hydrogen-bond donors (Lipinski definition) is 0. The fourth-order valence-electron chi connectivity index (χ4n) is 3.36. The van der Waals surface area contributed by atoms with Crippen molar-refractivity contribution in [1.82, 2.24) is 9.47 Å². The van der Waals surface area contributed by atoms with E-state index in [4.69, 9.17) is 0 Å². The molecule has 5 heteroatoms. The first-order valence-electron chi connectivity index (χ1n) is 8.52. The number of rotatable bonds is 4. The Morgan fingerprint density at radius 2 is 1.40 bits per heavy atom. The maximum atomic E-state index is 13.4. The molecule has 1 aliphatic rings. The SMILES string of the molecule is CC1(c2ccccc2)C(=O)N([Si](C)(C)C)C(=O)N1Cc1ccccc1. The van der Waals surface area contributed by atoms with E-state index in [2.05, 4.69) is 0 Å². The zero-order valence-electron chi connectivity index (χ0n) is 15.2. The van der Waals surface area contributed by atoms with Gasteiger partial charge < -0.3 is 4.90 Å². The predicted octanol–water partition coefficient (Wildman–Crippen LogP) is 4.20. The number of amides is 3. The maximum Gasteiger partial charge on any atom is 0.320 e. The summed E-state index contributed by atoms with van der Waals surface area (Å²) < 4.78 is 1.53. The molecule has 1 heterocycles. The van der Waals surface area contributed by atoms with Crippen molar-refractivity contribution in [3.63, 3.8) is 0 Å². The third kappa shape index (κ3) is 2.89. The van der Waals surface area contributed by atoms with Crippen molar-refractivity contribution in [2.24, 2.45) is 0 Å². The van der Waals surface area contributed by atoms with Gasteiger partial charge in [-0.1, -0.05) is 80.3 Å². The van der Waals surface area contributed by atoms with E-state index in [1.165, 1.54) is 4.57 Å². The first-order chi connectivity index (χ1) is 11.8. The average molecular weight is 353 g/mol. The number of carbonyl (C=O) groups is 2. The zero-order valence-corrected chi connectivity index (χ0v) is 16.2. The minimum atomic E-state index is -2.14. The first kappa shape index (κ1) is 17.4. The van der Waals surface area contributed by atoms with E-state index in [9.17, 15) is 9.59 Å². The molecule has 3 rings (SSSR count). The Hall–Kier alpha value is -2.40. The molecule has 130 valence electrons. The smallest absolute Gasteiger partial charge is 0.302 e. The second-order valence-corrected chi connectivity index (χ2v) is 12.4. The molecule has 0 aromatic heterocycles. The van der Waals surface area contributed by atoms with Crippen LogP contribution < -0.4 is 0 Å². The summed E-state index contributed by atoms with van der Waals surface area (Å²) >= 11 is 0. The largest absolute Gasteiger partial charge is 0.320 e. The van der Waals surface area contributed by atoms with Crippen LogP contribution in [0, 0.1) is 0 Å². The quantitative estimate of drug-likeness (QED) is 0.611. The second-order valence-electron chi connectivity index (χ2n) is 7.60. The normalized spacial score (nSPS) is 21.1. The molecular formula is C20H24N2O2Si. The molecule has 1 atom stereocenters. The molecule has 4 nitrogen and oxygen atoms in total. The van der Waals surface area contributed by atoms with Gasteiger partial charge in [0.05, 0.1) is 0 Å². The van der Waals surface area contributed by atoms with Crippen LogP contribution in [0.25, 0.3) is 0 Å². The maximum absolute atomic E-state index is 13.4. The molecule has 0 spiro atoms. The van der Waals surface area contributed by atoms with E-state index in [0.717, 1.165) is 11.1 Å². The number of benzene rings is 2. The lowest BCUT2D eigenvalue weighted by Gasteiger charge is -2.32. The Labute approximate surface area is 150 Å². The van der Waals surface area contributed by atoms with Gasteiger partial charge in [0, 0.05) is 6.54 Å². The van der Waals surface area contributed by atoms with Gasteiger partial charge in [-0.05, 0) is 18.1 Å². The summed E-state index contributed by atoms with van der Waals surface area (Å²) in [5.74, 6) is -0.112. The monoisotopic (exact) mass is 352 g/mol. The molecular weight excluding hydrogens is 328 g/mol. The molecule has 1 saturated heterocycles. The second kappa shape index (κ2) is 6.15. The first-order valence-corrected chi connectivity index (χ1v) is 12.0. The van der Waals surface area contributed by atoms with E-state index in [0.29, 0.717) is 6.54 Å². The van der Waals surface area contributed by atoms with Gasteiger partial charge in [-0.15, -0.1) is 0 Å². The van der Waals surface area contributed by atoms with Crippen LogP contribution in [0.5, 0.6) is 0 Å². The summed E-state index contributed by atoms with van der Waals surface area (Å²) in [5.41, 5.74) is 0.891. The van der Waals surface area contributed by atoms with Gasteiger partial charge in [0.25, 0.3) is 5.91 Å². The van der Waals surface area contributed by atoms with Crippen LogP contribution in [-0.4, -0.2) is 29.6 Å². The van der Waals surface area contributed by atoms with E-state index in [1.807, 2.05) is 87.2 Å². The fourth-order valence-corrected chi connectivity index (χ4v) is 4.88. The van der Waals surface area contributed by atoms with Crippen molar-refractivity contribution < 1.29 is 9.59 Å². The Bertz CT molecular complexity index is 786. The number of imide groups is 1. The molecule has 0 aliphatic carbocycles. The van der Waals surface area contributed by atoms with Gasteiger partial charge in [0.1, 0.15) is 5.54 Å². The minimum Gasteiger partial charge on any atom is -0.302 e. The summed E-state index contributed by atoms with van der Waals surface area (Å²) in [7, 11) is -2.14. The summed E-state index contributed by atoms with van der Waals surface area (Å²) in [5, 5.41) is 0. The fraction of sp³-hybridized carbons (Fsp3) is 0.300. The van der Waals surface area contributed by atoms with Gasteiger partial charge in [0.15, 0.2) is 8.24 Å². The van der Waals surface area contributed by atoms with Crippen molar-refractivity contribution in [3.05, 3.63) is 71.8 Å². The highest BCUT2D eigenvalue weighted by Crippen LogP contribution is 2.40. The molecule has 1 unspecified atom stereocenters. The number of carbonyl (C=O) groups excluding carboxylic acids is 2. The average Bonchev–Trinajstić information content (AvgIpc) is 2.78. The van der Waals surface area contributed by atoms with Gasteiger partial charge >= 0.3 is 6.03 Å². The zero-order chi connectivity index (χ0) is 18.2. The lowest BCUT2D eigenvalue weighted by atomic mass is 9.90. The summed E-state index contributed by atoms with van der Waals surface area (Å²) in [6.45, 7) is 8.37. The van der Waals surface area contributed by atoms with E-state index >= 15 is 0 Å².